The SMILES string of the molecule is CC(CCC(=O)O)CNC(=O)COC1(C)CNC1. The largest absolute Gasteiger partial charge is 0.481 e. The predicted octanol–water partition coefficient (Wildman–Crippen LogP) is -0.0180. The summed E-state index contributed by atoms with van der Waals surface area (Å²) in [6.45, 7) is 5.98. The van der Waals surface area contributed by atoms with Crippen LogP contribution in [0.4, 0.5) is 0 Å². The van der Waals surface area contributed by atoms with Crippen molar-refractivity contribution in [3.05, 3.63) is 0 Å². The van der Waals surface area contributed by atoms with Gasteiger partial charge in [-0.15, -0.1) is 0 Å². The quantitative estimate of drug-likeness (QED) is 0.569. The van der Waals surface area contributed by atoms with Gasteiger partial charge < -0.3 is 20.5 Å². The summed E-state index contributed by atoms with van der Waals surface area (Å²) in [5, 5.41) is 14.4. The average Bonchev–Trinajstić information content (AvgIpc) is 2.28. The van der Waals surface area contributed by atoms with E-state index >= 15 is 0 Å². The third kappa shape index (κ3) is 5.46. The highest BCUT2D eigenvalue weighted by Crippen LogP contribution is 2.14. The minimum Gasteiger partial charge on any atom is -0.481 e. The number of carbonyl (C=O) groups is 2. The zero-order valence-corrected chi connectivity index (χ0v) is 11.0. The number of rotatable bonds is 8. The van der Waals surface area contributed by atoms with Crippen LogP contribution in [0.1, 0.15) is 26.7 Å². The Morgan fingerprint density at radius 1 is 1.50 bits per heavy atom. The summed E-state index contributed by atoms with van der Waals surface area (Å²) in [6, 6.07) is 0. The van der Waals surface area contributed by atoms with Gasteiger partial charge in [-0.1, -0.05) is 6.92 Å². The van der Waals surface area contributed by atoms with Crippen molar-refractivity contribution < 1.29 is 19.4 Å². The van der Waals surface area contributed by atoms with E-state index in [1.807, 2.05) is 13.8 Å². The lowest BCUT2D eigenvalue weighted by Gasteiger charge is -2.38. The molecule has 1 fully saturated rings. The van der Waals surface area contributed by atoms with Crippen LogP contribution in [-0.4, -0.2) is 48.8 Å². The molecular weight excluding hydrogens is 236 g/mol. The first-order valence-electron chi connectivity index (χ1n) is 6.24. The van der Waals surface area contributed by atoms with Crippen LogP contribution in [-0.2, 0) is 14.3 Å². The van der Waals surface area contributed by atoms with Gasteiger partial charge in [0.05, 0.1) is 5.60 Å². The molecule has 1 saturated heterocycles. The number of nitrogens with one attached hydrogen (secondary N) is 2. The summed E-state index contributed by atoms with van der Waals surface area (Å²) in [7, 11) is 0. The summed E-state index contributed by atoms with van der Waals surface area (Å²) in [5.74, 6) is -0.793. The maximum absolute atomic E-state index is 11.5. The van der Waals surface area contributed by atoms with Gasteiger partial charge in [0.2, 0.25) is 5.91 Å². The fourth-order valence-corrected chi connectivity index (χ4v) is 1.63. The number of carbonyl (C=O) groups excluding carboxylic acids is 1. The van der Waals surface area contributed by atoms with Crippen LogP contribution in [0.2, 0.25) is 0 Å². The van der Waals surface area contributed by atoms with Gasteiger partial charge in [0.25, 0.3) is 0 Å². The lowest BCUT2D eigenvalue weighted by atomic mass is 10.0. The summed E-state index contributed by atoms with van der Waals surface area (Å²) < 4.78 is 5.49. The number of ether oxygens (including phenoxy) is 1. The second-order valence-electron chi connectivity index (χ2n) is 5.18. The Balaban J connectivity index is 2.07. The van der Waals surface area contributed by atoms with Crippen molar-refractivity contribution in [3.8, 4) is 0 Å². The number of carboxylic acids is 1. The third-order valence-electron chi connectivity index (χ3n) is 3.05. The van der Waals surface area contributed by atoms with E-state index < -0.39 is 5.97 Å². The normalized spacial score (nSPS) is 18.8. The smallest absolute Gasteiger partial charge is 0.303 e. The van der Waals surface area contributed by atoms with E-state index in [9.17, 15) is 9.59 Å². The first-order chi connectivity index (χ1) is 8.41. The maximum Gasteiger partial charge on any atom is 0.303 e. The van der Waals surface area contributed by atoms with E-state index in [0.717, 1.165) is 13.1 Å². The highest BCUT2D eigenvalue weighted by atomic mass is 16.5. The minimum atomic E-state index is -0.804. The molecule has 0 aromatic carbocycles. The summed E-state index contributed by atoms with van der Waals surface area (Å²) in [6.07, 6.45) is 0.704. The Labute approximate surface area is 107 Å². The van der Waals surface area contributed by atoms with E-state index in [1.54, 1.807) is 0 Å². The zero-order valence-electron chi connectivity index (χ0n) is 11.0. The van der Waals surface area contributed by atoms with Crippen molar-refractivity contribution in [2.75, 3.05) is 26.2 Å². The van der Waals surface area contributed by atoms with E-state index in [4.69, 9.17) is 9.84 Å². The van der Waals surface area contributed by atoms with E-state index in [1.165, 1.54) is 0 Å². The average molecular weight is 258 g/mol. The van der Waals surface area contributed by atoms with Crippen LogP contribution in [0.3, 0.4) is 0 Å². The first-order valence-corrected chi connectivity index (χ1v) is 6.24. The molecule has 1 amide bonds. The molecule has 1 unspecified atom stereocenters. The summed E-state index contributed by atoms with van der Waals surface area (Å²) in [4.78, 5) is 21.9. The highest BCUT2D eigenvalue weighted by Gasteiger charge is 2.32. The lowest BCUT2D eigenvalue weighted by Crippen LogP contribution is -2.59. The van der Waals surface area contributed by atoms with Crippen molar-refractivity contribution in [2.24, 2.45) is 5.92 Å². The van der Waals surface area contributed by atoms with Gasteiger partial charge in [-0.3, -0.25) is 9.59 Å². The first kappa shape index (κ1) is 14.9. The Morgan fingerprint density at radius 2 is 2.17 bits per heavy atom. The number of hydrogen-bond donors (Lipinski definition) is 3. The molecule has 6 heteroatoms. The van der Waals surface area contributed by atoms with Gasteiger partial charge in [0, 0.05) is 26.1 Å². The van der Waals surface area contributed by atoms with E-state index in [-0.39, 0.29) is 30.5 Å². The minimum absolute atomic E-state index is 0.0594. The van der Waals surface area contributed by atoms with Gasteiger partial charge in [0.1, 0.15) is 6.61 Å². The summed E-state index contributed by atoms with van der Waals surface area (Å²) in [5.41, 5.74) is -0.216. The van der Waals surface area contributed by atoms with Crippen LogP contribution in [0.5, 0.6) is 0 Å². The molecule has 1 aliphatic rings. The molecule has 1 aliphatic heterocycles. The second-order valence-corrected chi connectivity index (χ2v) is 5.18. The molecule has 6 nitrogen and oxygen atoms in total. The molecule has 0 spiro atoms. The van der Waals surface area contributed by atoms with E-state index in [2.05, 4.69) is 10.6 Å². The van der Waals surface area contributed by atoms with Crippen molar-refractivity contribution >= 4 is 11.9 Å². The zero-order chi connectivity index (χ0) is 13.6. The fourth-order valence-electron chi connectivity index (χ4n) is 1.63. The molecule has 0 bridgehead atoms. The molecule has 18 heavy (non-hydrogen) atoms. The number of amides is 1. The van der Waals surface area contributed by atoms with Crippen LogP contribution >= 0.6 is 0 Å². The van der Waals surface area contributed by atoms with Crippen molar-refractivity contribution in [3.63, 3.8) is 0 Å². The Hall–Kier alpha value is -1.14. The van der Waals surface area contributed by atoms with Crippen LogP contribution in [0.25, 0.3) is 0 Å². The van der Waals surface area contributed by atoms with Crippen molar-refractivity contribution in [2.45, 2.75) is 32.3 Å². The highest BCUT2D eigenvalue weighted by molar-refractivity contribution is 5.77. The molecule has 3 N–H and O–H groups in total. The molecule has 0 saturated carbocycles. The molecule has 0 aromatic heterocycles. The van der Waals surface area contributed by atoms with Gasteiger partial charge in [0.15, 0.2) is 0 Å². The van der Waals surface area contributed by atoms with Crippen LogP contribution in [0, 0.1) is 5.92 Å². The Bertz CT molecular complexity index is 302. The molecule has 1 rings (SSSR count). The van der Waals surface area contributed by atoms with E-state index in [0.29, 0.717) is 13.0 Å². The Morgan fingerprint density at radius 3 is 2.67 bits per heavy atom. The summed E-state index contributed by atoms with van der Waals surface area (Å²) >= 11 is 0. The standard InChI is InChI=1S/C12H22N2O4/c1-9(3-4-11(16)17)5-14-10(15)6-18-12(2)7-13-8-12/h9,13H,3-8H2,1-2H3,(H,14,15)(H,16,17). The monoisotopic (exact) mass is 258 g/mol. The van der Waals surface area contributed by atoms with Crippen LogP contribution in [0.15, 0.2) is 0 Å². The van der Waals surface area contributed by atoms with Gasteiger partial charge in [-0.25, -0.2) is 0 Å². The molecule has 104 valence electrons. The Kier molecular flexibility index (Phi) is 5.55. The van der Waals surface area contributed by atoms with Gasteiger partial charge in [-0.05, 0) is 19.3 Å². The van der Waals surface area contributed by atoms with Gasteiger partial charge in [-0.2, -0.15) is 0 Å². The number of hydrogen-bond acceptors (Lipinski definition) is 4. The predicted molar refractivity (Wildman–Crippen MR) is 66.3 cm³/mol. The molecule has 0 aromatic rings. The molecule has 0 radical (unpaired) electrons. The van der Waals surface area contributed by atoms with Gasteiger partial charge >= 0.3 is 5.97 Å². The second kappa shape index (κ2) is 6.70. The molecular formula is C12H22N2O4. The lowest BCUT2D eigenvalue weighted by molar-refractivity contribution is -0.137. The topological polar surface area (TPSA) is 87.7 Å². The molecule has 1 atom stereocenters. The van der Waals surface area contributed by atoms with Crippen molar-refractivity contribution in [1.82, 2.24) is 10.6 Å². The number of aliphatic carboxylic acids is 1. The maximum atomic E-state index is 11.5. The third-order valence-corrected chi connectivity index (χ3v) is 3.05. The molecule has 1 heterocycles. The van der Waals surface area contributed by atoms with Crippen LogP contribution < -0.4 is 10.6 Å². The fraction of sp³-hybridized carbons (Fsp3) is 0.833. The van der Waals surface area contributed by atoms with Crippen molar-refractivity contribution in [1.29, 1.82) is 0 Å². The number of carboxylic acid groups (broad SMARTS) is 1. The molecule has 0 aliphatic carbocycles.